The van der Waals surface area contributed by atoms with Gasteiger partial charge in [0.15, 0.2) is 17.5 Å². The van der Waals surface area contributed by atoms with Gasteiger partial charge in [0, 0.05) is 24.3 Å². The number of anilines is 1. The number of nitrogens with two attached hydrogens (primary N) is 1. The average Bonchev–Trinajstić information content (AvgIpc) is 2.95. The highest BCUT2D eigenvalue weighted by Crippen LogP contribution is 2.34. The lowest BCUT2D eigenvalue weighted by molar-refractivity contribution is 0.174. The summed E-state index contributed by atoms with van der Waals surface area (Å²) in [6.45, 7) is 5.85. The molecule has 0 unspecified atom stereocenters. The molecule has 2 aliphatic rings. The van der Waals surface area contributed by atoms with E-state index in [9.17, 15) is 0 Å². The van der Waals surface area contributed by atoms with E-state index in [0.29, 0.717) is 19.1 Å². The van der Waals surface area contributed by atoms with Crippen LogP contribution < -0.4 is 25.8 Å². The summed E-state index contributed by atoms with van der Waals surface area (Å²) in [7, 11) is 0. The van der Waals surface area contributed by atoms with Gasteiger partial charge in [-0.2, -0.15) is 0 Å². The minimum absolute atomic E-state index is 0.0209. The molecule has 6 heteroatoms. The number of aliphatic imine (C=N–C) groups is 1. The highest BCUT2D eigenvalue weighted by Gasteiger charge is 2.19. The van der Waals surface area contributed by atoms with Gasteiger partial charge < -0.3 is 25.8 Å². The topological polar surface area (TPSA) is 80.9 Å². The Bertz CT molecular complexity index is 622. The smallest absolute Gasteiger partial charge is 0.231 e. The molecule has 0 bridgehead atoms. The van der Waals surface area contributed by atoms with E-state index in [1.165, 1.54) is 38.5 Å². The van der Waals surface area contributed by atoms with Gasteiger partial charge in [-0.05, 0) is 36.9 Å². The predicted octanol–water partition coefficient (Wildman–Crippen LogP) is 3.48. The van der Waals surface area contributed by atoms with E-state index in [-0.39, 0.29) is 12.2 Å². The second-order valence-electron chi connectivity index (χ2n) is 8.06. The van der Waals surface area contributed by atoms with Crippen molar-refractivity contribution >= 4 is 11.6 Å². The van der Waals surface area contributed by atoms with Crippen LogP contribution in [0, 0.1) is 5.41 Å². The summed E-state index contributed by atoms with van der Waals surface area (Å²) in [5.74, 6) is 2.37. The van der Waals surface area contributed by atoms with Crippen molar-refractivity contribution in [1.29, 1.82) is 0 Å². The van der Waals surface area contributed by atoms with Crippen LogP contribution in [-0.4, -0.2) is 31.9 Å². The first kappa shape index (κ1) is 18.8. The van der Waals surface area contributed by atoms with Crippen LogP contribution in [0.4, 0.5) is 5.69 Å². The Labute approximate surface area is 156 Å². The first-order valence-corrected chi connectivity index (χ1v) is 9.73. The van der Waals surface area contributed by atoms with Crippen molar-refractivity contribution in [2.24, 2.45) is 16.1 Å². The Kier molecular flexibility index (Phi) is 6.25. The molecule has 1 saturated carbocycles. The van der Waals surface area contributed by atoms with E-state index >= 15 is 0 Å². The molecule has 1 aliphatic heterocycles. The number of hydrogen-bond donors (Lipinski definition) is 3. The lowest BCUT2D eigenvalue weighted by atomic mass is 9.94. The van der Waals surface area contributed by atoms with Gasteiger partial charge in [-0.1, -0.05) is 39.5 Å². The quantitative estimate of drug-likeness (QED) is 0.425. The monoisotopic (exact) mass is 360 g/mol. The van der Waals surface area contributed by atoms with Crippen LogP contribution >= 0.6 is 0 Å². The number of nitrogens with zero attached hydrogens (tertiary/aromatic N) is 1. The van der Waals surface area contributed by atoms with Crippen molar-refractivity contribution in [2.75, 3.05) is 25.2 Å². The van der Waals surface area contributed by atoms with Crippen LogP contribution in [-0.2, 0) is 0 Å². The van der Waals surface area contributed by atoms with Crippen LogP contribution in [0.3, 0.4) is 0 Å². The Morgan fingerprint density at radius 3 is 2.62 bits per heavy atom. The van der Waals surface area contributed by atoms with Gasteiger partial charge in [-0.3, -0.25) is 4.99 Å². The molecule has 0 aromatic heterocycles. The van der Waals surface area contributed by atoms with Crippen LogP contribution in [0.5, 0.6) is 11.5 Å². The second kappa shape index (κ2) is 8.62. The zero-order valence-electron chi connectivity index (χ0n) is 16.0. The Morgan fingerprint density at radius 2 is 1.88 bits per heavy atom. The molecule has 6 nitrogen and oxygen atoms in total. The van der Waals surface area contributed by atoms with Crippen molar-refractivity contribution in [3.8, 4) is 11.5 Å². The zero-order chi connectivity index (χ0) is 18.4. The first-order chi connectivity index (χ1) is 12.6. The lowest BCUT2D eigenvalue weighted by Gasteiger charge is -2.23. The summed E-state index contributed by atoms with van der Waals surface area (Å²) in [6.07, 6.45) is 7.62. The molecule has 1 heterocycles. The fourth-order valence-corrected chi connectivity index (χ4v) is 3.21. The van der Waals surface area contributed by atoms with E-state index in [4.69, 9.17) is 20.2 Å². The van der Waals surface area contributed by atoms with Gasteiger partial charge in [-0.15, -0.1) is 0 Å². The largest absolute Gasteiger partial charge is 0.454 e. The third-order valence-corrected chi connectivity index (χ3v) is 5.05. The molecule has 4 N–H and O–H groups in total. The van der Waals surface area contributed by atoms with Crippen molar-refractivity contribution in [3.63, 3.8) is 0 Å². The van der Waals surface area contributed by atoms with E-state index in [1.54, 1.807) is 0 Å². The number of rotatable bonds is 5. The zero-order valence-corrected chi connectivity index (χ0v) is 16.0. The predicted molar refractivity (Wildman–Crippen MR) is 106 cm³/mol. The number of ether oxygens (including phenoxy) is 2. The van der Waals surface area contributed by atoms with Gasteiger partial charge in [0.2, 0.25) is 6.79 Å². The summed E-state index contributed by atoms with van der Waals surface area (Å²) in [5, 5.41) is 7.07. The molecule has 0 spiro atoms. The third-order valence-electron chi connectivity index (χ3n) is 5.05. The summed E-state index contributed by atoms with van der Waals surface area (Å²) in [5.41, 5.74) is 6.79. The minimum atomic E-state index is -0.0209. The van der Waals surface area contributed by atoms with Gasteiger partial charge in [0.05, 0.1) is 0 Å². The third kappa shape index (κ3) is 5.27. The van der Waals surface area contributed by atoms with Crippen molar-refractivity contribution in [3.05, 3.63) is 18.2 Å². The van der Waals surface area contributed by atoms with E-state index in [2.05, 4.69) is 24.5 Å². The molecule has 0 radical (unpaired) electrons. The maximum absolute atomic E-state index is 5.87. The number of fused-ring (bicyclic) bond motifs is 1. The van der Waals surface area contributed by atoms with Gasteiger partial charge in [0.25, 0.3) is 0 Å². The van der Waals surface area contributed by atoms with Gasteiger partial charge >= 0.3 is 0 Å². The molecule has 1 fully saturated rings. The molecule has 144 valence electrons. The molecule has 1 aromatic rings. The molecule has 26 heavy (non-hydrogen) atoms. The maximum Gasteiger partial charge on any atom is 0.231 e. The molecule has 0 amide bonds. The van der Waals surface area contributed by atoms with E-state index in [0.717, 1.165) is 23.1 Å². The second-order valence-corrected chi connectivity index (χ2v) is 8.06. The molecular weight excluding hydrogens is 328 g/mol. The molecule has 0 saturated heterocycles. The summed E-state index contributed by atoms with van der Waals surface area (Å²) in [6, 6.07) is 6.35. The number of benzene rings is 1. The fraction of sp³-hybridized carbons (Fsp3) is 0.650. The van der Waals surface area contributed by atoms with Crippen LogP contribution in [0.1, 0.15) is 52.4 Å². The highest BCUT2D eigenvalue weighted by molar-refractivity contribution is 5.94. The van der Waals surface area contributed by atoms with Crippen molar-refractivity contribution in [1.82, 2.24) is 5.32 Å². The van der Waals surface area contributed by atoms with Gasteiger partial charge in [0.1, 0.15) is 0 Å². The number of guanidine groups is 1. The lowest BCUT2D eigenvalue weighted by Crippen LogP contribution is -2.40. The summed E-state index contributed by atoms with van der Waals surface area (Å²) in [4.78, 5) is 4.82. The fourth-order valence-electron chi connectivity index (χ4n) is 3.21. The minimum Gasteiger partial charge on any atom is -0.454 e. The van der Waals surface area contributed by atoms with Crippen molar-refractivity contribution in [2.45, 2.75) is 58.4 Å². The number of nitrogens with one attached hydrogen (secondary N) is 2. The Hall–Kier alpha value is -1.95. The van der Waals surface area contributed by atoms with Crippen molar-refractivity contribution < 1.29 is 9.47 Å². The average molecular weight is 361 g/mol. The van der Waals surface area contributed by atoms with E-state index < -0.39 is 0 Å². The molecular formula is C20H32N4O2. The normalized spacial score (nSPS) is 18.5. The van der Waals surface area contributed by atoms with E-state index in [1.807, 2.05) is 18.2 Å². The molecule has 3 rings (SSSR count). The van der Waals surface area contributed by atoms with Crippen LogP contribution in [0.2, 0.25) is 0 Å². The Morgan fingerprint density at radius 1 is 1.15 bits per heavy atom. The van der Waals surface area contributed by atoms with Crippen LogP contribution in [0.15, 0.2) is 23.2 Å². The first-order valence-electron chi connectivity index (χ1n) is 9.73. The standard InChI is InChI=1S/C20H32N4O2/c1-20(2,12-21)13-22-19(23-15-7-5-3-4-6-8-15)24-16-9-10-17-18(11-16)26-14-25-17/h9-11,15H,3-8,12-14,21H2,1-2H3,(H2,22,23,24). The molecule has 1 aliphatic carbocycles. The summed E-state index contributed by atoms with van der Waals surface area (Å²) >= 11 is 0. The highest BCUT2D eigenvalue weighted by atomic mass is 16.7. The molecule has 1 aromatic carbocycles. The van der Waals surface area contributed by atoms with Crippen LogP contribution in [0.25, 0.3) is 0 Å². The summed E-state index contributed by atoms with van der Waals surface area (Å²) < 4.78 is 10.9. The Balaban J connectivity index is 1.72. The number of hydrogen-bond acceptors (Lipinski definition) is 4. The molecule has 0 atom stereocenters. The van der Waals surface area contributed by atoms with Gasteiger partial charge in [-0.25, -0.2) is 0 Å². The SMILES string of the molecule is CC(C)(CN)CN=C(Nc1ccc2c(c1)OCO2)NC1CCCCCC1. The maximum atomic E-state index is 5.87.